The van der Waals surface area contributed by atoms with Crippen molar-refractivity contribution in [3.05, 3.63) is 48.0 Å². The second-order valence-corrected chi connectivity index (χ2v) is 6.70. The van der Waals surface area contributed by atoms with Crippen LogP contribution in [0, 0.1) is 5.41 Å². The maximum absolute atomic E-state index is 12.5. The summed E-state index contributed by atoms with van der Waals surface area (Å²) in [6.45, 7) is 9.10. The number of amides is 2. The van der Waals surface area contributed by atoms with Crippen LogP contribution in [0.25, 0.3) is 16.8 Å². The highest BCUT2D eigenvalue weighted by molar-refractivity contribution is 6.20. The van der Waals surface area contributed by atoms with E-state index in [0.717, 1.165) is 16.3 Å². The van der Waals surface area contributed by atoms with E-state index in [0.29, 0.717) is 11.3 Å². The molecule has 1 radical (unpaired) electrons. The number of guanidine groups is 1. The molecule has 0 aromatic heterocycles. The van der Waals surface area contributed by atoms with Gasteiger partial charge in [-0.05, 0) is 28.5 Å². The van der Waals surface area contributed by atoms with Crippen LogP contribution in [0.5, 0.6) is 0 Å². The number of nitrogens with zero attached hydrogens (tertiary/aromatic N) is 2. The van der Waals surface area contributed by atoms with Gasteiger partial charge >= 0.3 is 0 Å². The van der Waals surface area contributed by atoms with E-state index in [1.807, 2.05) is 24.3 Å². The van der Waals surface area contributed by atoms with Crippen LogP contribution in [0.3, 0.4) is 0 Å². The fourth-order valence-corrected chi connectivity index (χ4v) is 2.41. The van der Waals surface area contributed by atoms with E-state index in [1.165, 1.54) is 0 Å². The Morgan fingerprint density at radius 3 is 2.58 bits per heavy atom. The highest BCUT2D eigenvalue weighted by atomic mass is 16.2. The number of hydrogen-bond donors (Lipinski definition) is 1. The van der Waals surface area contributed by atoms with Crippen LogP contribution >= 0.6 is 0 Å². The monoisotopic (exact) mass is 320 g/mol. The minimum atomic E-state index is -0.594. The molecule has 5 heteroatoms. The summed E-state index contributed by atoms with van der Waals surface area (Å²) in [5.74, 6) is -0.612. The van der Waals surface area contributed by atoms with Crippen molar-refractivity contribution < 1.29 is 9.59 Å². The Hall–Kier alpha value is -2.95. The number of carbonyl (C=O) groups excluding carboxylic acids is 2. The van der Waals surface area contributed by atoms with Gasteiger partial charge in [0.15, 0.2) is 0 Å². The van der Waals surface area contributed by atoms with Crippen molar-refractivity contribution in [2.24, 2.45) is 10.4 Å². The van der Waals surface area contributed by atoms with Crippen LogP contribution < -0.4 is 10.6 Å². The average Bonchev–Trinajstić information content (AvgIpc) is 2.52. The first kappa shape index (κ1) is 15.9. The van der Waals surface area contributed by atoms with E-state index in [2.05, 4.69) is 22.2 Å². The van der Waals surface area contributed by atoms with Crippen molar-refractivity contribution in [3.8, 4) is 0 Å². The van der Waals surface area contributed by atoms with Gasteiger partial charge in [-0.3, -0.25) is 14.9 Å². The molecule has 0 spiro atoms. The van der Waals surface area contributed by atoms with Crippen molar-refractivity contribution in [3.63, 3.8) is 0 Å². The SMILES string of the molecule is C=Cc1ccc2ccc3c(c2c1)C(=O)[N]C(NC(=O)C(C)(C)C)=N3. The van der Waals surface area contributed by atoms with Crippen molar-refractivity contribution in [1.29, 1.82) is 0 Å². The molecule has 121 valence electrons. The zero-order valence-electron chi connectivity index (χ0n) is 13.9. The molecule has 24 heavy (non-hydrogen) atoms. The first-order valence-corrected chi connectivity index (χ1v) is 7.65. The lowest BCUT2D eigenvalue weighted by molar-refractivity contribution is -0.127. The molecule has 0 fully saturated rings. The Morgan fingerprint density at radius 2 is 1.92 bits per heavy atom. The molecular weight excluding hydrogens is 302 g/mol. The number of aliphatic imine (C=N–C) groups is 1. The Bertz CT molecular complexity index is 905. The maximum Gasteiger partial charge on any atom is 0.283 e. The van der Waals surface area contributed by atoms with Gasteiger partial charge in [-0.25, -0.2) is 4.99 Å². The largest absolute Gasteiger partial charge is 0.294 e. The average molecular weight is 320 g/mol. The van der Waals surface area contributed by atoms with Crippen molar-refractivity contribution in [2.75, 3.05) is 0 Å². The molecule has 2 amide bonds. The molecule has 1 aliphatic rings. The van der Waals surface area contributed by atoms with E-state index >= 15 is 0 Å². The van der Waals surface area contributed by atoms with Gasteiger partial charge in [-0.15, -0.1) is 0 Å². The van der Waals surface area contributed by atoms with Gasteiger partial charge in [-0.1, -0.05) is 51.6 Å². The van der Waals surface area contributed by atoms with E-state index in [4.69, 9.17) is 0 Å². The van der Waals surface area contributed by atoms with Crippen molar-refractivity contribution >= 4 is 40.3 Å². The summed E-state index contributed by atoms with van der Waals surface area (Å²) in [6.07, 6.45) is 1.72. The fraction of sp³-hybridized carbons (Fsp3) is 0.211. The molecule has 0 saturated carbocycles. The summed E-state index contributed by atoms with van der Waals surface area (Å²) in [5, 5.41) is 8.26. The molecule has 2 aromatic rings. The van der Waals surface area contributed by atoms with Crippen LogP contribution in [0.2, 0.25) is 0 Å². The third-order valence-corrected chi connectivity index (χ3v) is 3.81. The minimum Gasteiger partial charge on any atom is -0.294 e. The van der Waals surface area contributed by atoms with Gasteiger partial charge < -0.3 is 0 Å². The highest BCUT2D eigenvalue weighted by Crippen LogP contribution is 2.31. The van der Waals surface area contributed by atoms with Crippen molar-refractivity contribution in [2.45, 2.75) is 20.8 Å². The molecule has 3 rings (SSSR count). The molecule has 0 bridgehead atoms. The molecule has 0 unspecified atom stereocenters. The second kappa shape index (κ2) is 5.60. The van der Waals surface area contributed by atoms with Gasteiger partial charge in [0, 0.05) is 5.41 Å². The zero-order valence-corrected chi connectivity index (χ0v) is 13.9. The summed E-state index contributed by atoms with van der Waals surface area (Å²) in [5.41, 5.74) is 1.28. The minimum absolute atomic E-state index is 0.0339. The summed E-state index contributed by atoms with van der Waals surface area (Å²) < 4.78 is 0. The van der Waals surface area contributed by atoms with E-state index in [-0.39, 0.29) is 11.9 Å². The Morgan fingerprint density at radius 1 is 1.21 bits per heavy atom. The first-order chi connectivity index (χ1) is 11.3. The maximum atomic E-state index is 12.5. The first-order valence-electron chi connectivity index (χ1n) is 7.65. The molecule has 0 atom stereocenters. The summed E-state index contributed by atoms with van der Waals surface area (Å²) in [4.78, 5) is 28.9. The predicted molar refractivity (Wildman–Crippen MR) is 95.2 cm³/mol. The molecule has 5 nitrogen and oxygen atoms in total. The molecule has 0 saturated heterocycles. The third kappa shape index (κ3) is 2.80. The molecule has 0 aliphatic carbocycles. The van der Waals surface area contributed by atoms with Crippen LogP contribution in [0.1, 0.15) is 36.7 Å². The van der Waals surface area contributed by atoms with Crippen LogP contribution in [-0.2, 0) is 4.79 Å². The van der Waals surface area contributed by atoms with Gasteiger partial charge in [0.05, 0.1) is 11.3 Å². The van der Waals surface area contributed by atoms with Gasteiger partial charge in [0.1, 0.15) is 0 Å². The van der Waals surface area contributed by atoms with Gasteiger partial charge in [0.25, 0.3) is 5.91 Å². The normalized spacial score (nSPS) is 13.8. The number of carbonyl (C=O) groups is 2. The predicted octanol–water partition coefficient (Wildman–Crippen LogP) is 3.39. The molecule has 1 N–H and O–H groups in total. The number of benzene rings is 2. The zero-order chi connectivity index (χ0) is 17.5. The summed E-state index contributed by atoms with van der Waals surface area (Å²) in [7, 11) is 0. The van der Waals surface area contributed by atoms with Gasteiger partial charge in [-0.2, -0.15) is 5.32 Å². The molecule has 1 aliphatic heterocycles. The number of rotatable bonds is 1. The van der Waals surface area contributed by atoms with E-state index in [1.54, 1.807) is 32.9 Å². The lowest BCUT2D eigenvalue weighted by atomic mass is 9.96. The third-order valence-electron chi connectivity index (χ3n) is 3.81. The van der Waals surface area contributed by atoms with Crippen LogP contribution in [0.15, 0.2) is 41.9 Å². The number of hydrogen-bond acceptors (Lipinski definition) is 3. The molecule has 1 heterocycles. The van der Waals surface area contributed by atoms with Crippen molar-refractivity contribution in [1.82, 2.24) is 10.6 Å². The Kier molecular flexibility index (Phi) is 3.72. The van der Waals surface area contributed by atoms with E-state index < -0.39 is 11.3 Å². The quantitative estimate of drug-likeness (QED) is 0.874. The molecular formula is C19H18N3O2. The summed E-state index contributed by atoms with van der Waals surface area (Å²) in [6, 6.07) is 9.42. The lowest BCUT2D eigenvalue weighted by Gasteiger charge is -2.20. The Labute approximate surface area is 140 Å². The highest BCUT2D eigenvalue weighted by Gasteiger charge is 2.28. The lowest BCUT2D eigenvalue weighted by Crippen LogP contribution is -2.45. The smallest absolute Gasteiger partial charge is 0.283 e. The number of nitrogens with one attached hydrogen (secondary N) is 1. The topological polar surface area (TPSA) is 72.6 Å². The standard InChI is InChI=1S/C19H18N3O2/c1-5-11-6-7-12-8-9-14-15(13(12)10-11)16(23)21-18(20-14)22-17(24)19(2,3)4/h5-10H,1H2,2-4H3,(H,20,22,24). The fourth-order valence-electron chi connectivity index (χ4n) is 2.41. The van der Waals surface area contributed by atoms with E-state index in [9.17, 15) is 9.59 Å². The Balaban J connectivity index is 2.08. The second-order valence-electron chi connectivity index (χ2n) is 6.70. The van der Waals surface area contributed by atoms with Crippen LogP contribution in [-0.4, -0.2) is 17.8 Å². The van der Waals surface area contributed by atoms with Gasteiger partial charge in [0.2, 0.25) is 11.9 Å². The summed E-state index contributed by atoms with van der Waals surface area (Å²) >= 11 is 0. The van der Waals surface area contributed by atoms with Crippen LogP contribution in [0.4, 0.5) is 5.69 Å². The number of fused-ring (bicyclic) bond motifs is 3. The molecule has 2 aromatic carbocycles.